The first-order valence-electron chi connectivity index (χ1n) is 9.96. The summed E-state index contributed by atoms with van der Waals surface area (Å²) in [5, 5.41) is 2.71. The molecule has 2 aliphatic rings. The van der Waals surface area contributed by atoms with Crippen molar-refractivity contribution in [2.24, 2.45) is 5.92 Å². The SMILES string of the molecule is O=C(Nc1ncc(-c2cc(F)cc(F)c2)cn1)C1CCC(N2CCOCC2=O)CC1. The van der Waals surface area contributed by atoms with Crippen molar-refractivity contribution in [1.29, 1.82) is 0 Å². The van der Waals surface area contributed by atoms with E-state index in [1.807, 2.05) is 4.90 Å². The number of ether oxygens (including phenoxy) is 1. The van der Waals surface area contributed by atoms with Gasteiger partial charge in [0.25, 0.3) is 0 Å². The Morgan fingerprint density at radius 3 is 2.33 bits per heavy atom. The molecule has 4 rings (SSSR count). The summed E-state index contributed by atoms with van der Waals surface area (Å²) in [6.45, 7) is 1.30. The van der Waals surface area contributed by atoms with Gasteiger partial charge in [-0.25, -0.2) is 18.7 Å². The number of carbonyl (C=O) groups is 2. The van der Waals surface area contributed by atoms with Crippen molar-refractivity contribution < 1.29 is 23.1 Å². The van der Waals surface area contributed by atoms with Gasteiger partial charge in [0.05, 0.1) is 6.61 Å². The lowest BCUT2D eigenvalue weighted by atomic mass is 9.84. The van der Waals surface area contributed by atoms with Crippen molar-refractivity contribution in [3.63, 3.8) is 0 Å². The molecule has 2 aromatic rings. The summed E-state index contributed by atoms with van der Waals surface area (Å²) in [4.78, 5) is 34.6. The zero-order chi connectivity index (χ0) is 21.1. The molecule has 7 nitrogen and oxygen atoms in total. The van der Waals surface area contributed by atoms with Crippen LogP contribution in [-0.2, 0) is 14.3 Å². The number of carbonyl (C=O) groups excluding carboxylic acids is 2. The van der Waals surface area contributed by atoms with E-state index in [9.17, 15) is 18.4 Å². The van der Waals surface area contributed by atoms with Crippen LogP contribution in [0.15, 0.2) is 30.6 Å². The van der Waals surface area contributed by atoms with Crippen LogP contribution in [0.25, 0.3) is 11.1 Å². The zero-order valence-corrected chi connectivity index (χ0v) is 16.3. The van der Waals surface area contributed by atoms with Gasteiger partial charge in [0.1, 0.15) is 18.2 Å². The molecule has 2 fully saturated rings. The van der Waals surface area contributed by atoms with Crippen molar-refractivity contribution in [3.8, 4) is 11.1 Å². The number of nitrogens with one attached hydrogen (secondary N) is 1. The second-order valence-electron chi connectivity index (χ2n) is 7.59. The Kier molecular flexibility index (Phi) is 5.98. The largest absolute Gasteiger partial charge is 0.370 e. The Morgan fingerprint density at radius 2 is 1.70 bits per heavy atom. The molecule has 1 aromatic heterocycles. The highest BCUT2D eigenvalue weighted by Crippen LogP contribution is 2.29. The first kappa shape index (κ1) is 20.3. The Hall–Kier alpha value is -2.94. The number of nitrogens with zero attached hydrogens (tertiary/aromatic N) is 3. The van der Waals surface area contributed by atoms with E-state index in [1.165, 1.54) is 24.5 Å². The van der Waals surface area contributed by atoms with E-state index in [-0.39, 0.29) is 36.3 Å². The van der Waals surface area contributed by atoms with Gasteiger partial charge in [-0.05, 0) is 43.4 Å². The number of amides is 2. The van der Waals surface area contributed by atoms with Gasteiger partial charge in [-0.2, -0.15) is 0 Å². The minimum atomic E-state index is -0.684. The molecule has 9 heteroatoms. The first-order valence-corrected chi connectivity index (χ1v) is 9.96. The Labute approximate surface area is 172 Å². The van der Waals surface area contributed by atoms with Gasteiger partial charge >= 0.3 is 0 Å². The summed E-state index contributed by atoms with van der Waals surface area (Å²) in [6.07, 6.45) is 5.74. The highest BCUT2D eigenvalue weighted by molar-refractivity contribution is 5.91. The lowest BCUT2D eigenvalue weighted by Crippen LogP contribution is -2.49. The van der Waals surface area contributed by atoms with Gasteiger partial charge in [-0.1, -0.05) is 0 Å². The first-order chi connectivity index (χ1) is 14.5. The van der Waals surface area contributed by atoms with Crippen LogP contribution < -0.4 is 5.32 Å². The normalized spacial score (nSPS) is 22.1. The van der Waals surface area contributed by atoms with Gasteiger partial charge in [-0.15, -0.1) is 0 Å². The van der Waals surface area contributed by atoms with Crippen LogP contribution in [0, 0.1) is 17.6 Å². The molecule has 0 unspecified atom stereocenters. The smallest absolute Gasteiger partial charge is 0.248 e. The van der Waals surface area contributed by atoms with Crippen LogP contribution in [-0.4, -0.2) is 52.5 Å². The van der Waals surface area contributed by atoms with Crippen LogP contribution in [0.1, 0.15) is 25.7 Å². The zero-order valence-electron chi connectivity index (χ0n) is 16.3. The molecule has 1 aliphatic heterocycles. The van der Waals surface area contributed by atoms with Crippen molar-refractivity contribution in [2.45, 2.75) is 31.7 Å². The second kappa shape index (κ2) is 8.83. The molecule has 0 spiro atoms. The predicted molar refractivity (Wildman–Crippen MR) is 104 cm³/mol. The van der Waals surface area contributed by atoms with Gasteiger partial charge in [0.2, 0.25) is 17.8 Å². The molecule has 1 saturated heterocycles. The van der Waals surface area contributed by atoms with Crippen molar-refractivity contribution in [3.05, 3.63) is 42.2 Å². The third-order valence-electron chi connectivity index (χ3n) is 5.61. The number of anilines is 1. The molecule has 158 valence electrons. The summed E-state index contributed by atoms with van der Waals surface area (Å²) in [6, 6.07) is 3.34. The minimum absolute atomic E-state index is 0.0146. The molecule has 2 amide bonds. The van der Waals surface area contributed by atoms with Crippen LogP contribution >= 0.6 is 0 Å². The fraction of sp³-hybridized carbons (Fsp3) is 0.429. The molecule has 30 heavy (non-hydrogen) atoms. The van der Waals surface area contributed by atoms with Gasteiger partial charge < -0.3 is 9.64 Å². The topological polar surface area (TPSA) is 84.4 Å². The highest BCUT2D eigenvalue weighted by atomic mass is 19.1. The summed E-state index contributed by atoms with van der Waals surface area (Å²) >= 11 is 0. The number of halogens is 2. The average molecular weight is 416 g/mol. The van der Waals surface area contributed by atoms with Crippen LogP contribution in [0.5, 0.6) is 0 Å². The Balaban J connectivity index is 1.32. The van der Waals surface area contributed by atoms with Crippen LogP contribution in [0.4, 0.5) is 14.7 Å². The fourth-order valence-corrected chi connectivity index (χ4v) is 4.04. The summed E-state index contributed by atoms with van der Waals surface area (Å²) in [7, 11) is 0. The number of hydrogen-bond donors (Lipinski definition) is 1. The molecule has 0 bridgehead atoms. The fourth-order valence-electron chi connectivity index (χ4n) is 4.04. The molecular formula is C21H22F2N4O3. The van der Waals surface area contributed by atoms with Crippen molar-refractivity contribution in [2.75, 3.05) is 25.1 Å². The summed E-state index contributed by atoms with van der Waals surface area (Å²) in [5.41, 5.74) is 0.767. The van der Waals surface area contributed by atoms with Crippen LogP contribution in [0.3, 0.4) is 0 Å². The highest BCUT2D eigenvalue weighted by Gasteiger charge is 2.33. The van der Waals surface area contributed by atoms with Crippen LogP contribution in [0.2, 0.25) is 0 Å². The number of aromatic nitrogens is 2. The molecule has 1 aliphatic carbocycles. The standard InChI is InChI=1S/C21H22F2N4O3/c22-16-7-14(8-17(23)9-16)15-10-24-21(25-11-15)26-20(29)13-1-3-18(4-2-13)27-5-6-30-12-19(27)28/h7-11,13,18H,1-6,12H2,(H,24,25,26,29). The van der Waals surface area contributed by atoms with E-state index >= 15 is 0 Å². The van der Waals surface area contributed by atoms with E-state index < -0.39 is 11.6 Å². The third kappa shape index (κ3) is 4.62. The Bertz CT molecular complexity index is 910. The molecule has 1 aromatic carbocycles. The van der Waals surface area contributed by atoms with Gasteiger partial charge in [-0.3, -0.25) is 14.9 Å². The summed E-state index contributed by atoms with van der Waals surface area (Å²) in [5.74, 6) is -1.54. The lowest BCUT2D eigenvalue weighted by molar-refractivity contribution is -0.146. The van der Waals surface area contributed by atoms with E-state index in [1.54, 1.807) is 0 Å². The average Bonchev–Trinajstić information content (AvgIpc) is 2.74. The number of hydrogen-bond acceptors (Lipinski definition) is 5. The second-order valence-corrected chi connectivity index (χ2v) is 7.59. The van der Waals surface area contributed by atoms with E-state index in [2.05, 4.69) is 15.3 Å². The minimum Gasteiger partial charge on any atom is -0.370 e. The third-order valence-corrected chi connectivity index (χ3v) is 5.61. The van der Waals surface area contributed by atoms with E-state index in [4.69, 9.17) is 4.74 Å². The molecule has 0 radical (unpaired) electrons. The maximum Gasteiger partial charge on any atom is 0.248 e. The van der Waals surface area contributed by atoms with Crippen molar-refractivity contribution in [1.82, 2.24) is 14.9 Å². The van der Waals surface area contributed by atoms with Gasteiger partial charge in [0, 0.05) is 42.5 Å². The molecule has 2 heterocycles. The molecule has 0 atom stereocenters. The predicted octanol–water partition coefficient (Wildman–Crippen LogP) is 2.78. The van der Waals surface area contributed by atoms with E-state index in [0.29, 0.717) is 37.1 Å². The number of morpholine rings is 1. The van der Waals surface area contributed by atoms with Gasteiger partial charge in [0.15, 0.2) is 0 Å². The lowest BCUT2D eigenvalue weighted by Gasteiger charge is -2.38. The summed E-state index contributed by atoms with van der Waals surface area (Å²) < 4.78 is 31.9. The molecular weight excluding hydrogens is 394 g/mol. The Morgan fingerprint density at radius 1 is 1.03 bits per heavy atom. The van der Waals surface area contributed by atoms with E-state index in [0.717, 1.165) is 18.9 Å². The van der Waals surface area contributed by atoms with Crippen molar-refractivity contribution >= 4 is 17.8 Å². The maximum absolute atomic E-state index is 13.4. The monoisotopic (exact) mass is 416 g/mol. The maximum atomic E-state index is 13.4. The quantitative estimate of drug-likeness (QED) is 0.829. The number of benzene rings is 1. The number of rotatable bonds is 4. The molecule has 1 N–H and O–H groups in total. The molecule has 1 saturated carbocycles.